The molecule has 1 aromatic heterocycles. The van der Waals surface area contributed by atoms with Gasteiger partial charge in [-0.3, -0.25) is 4.98 Å². The zero-order valence-corrected chi connectivity index (χ0v) is 8.76. The van der Waals surface area contributed by atoms with Gasteiger partial charge in [0.05, 0.1) is 0 Å². The molecule has 0 spiro atoms. The first-order chi connectivity index (χ1) is 7.40. The molecular weight excluding hydrogens is 218 g/mol. The van der Waals surface area contributed by atoms with Crippen molar-refractivity contribution in [2.45, 2.75) is 19.4 Å². The maximum Gasteiger partial charge on any atom is 0.336 e. The lowest BCUT2D eigenvalue weighted by molar-refractivity contribution is -0.141. The molecule has 1 heterocycles. The van der Waals surface area contributed by atoms with Crippen LogP contribution in [0.1, 0.15) is 19.4 Å². The molecule has 0 aliphatic heterocycles. The number of aromatic nitrogens is 3. The number of hydrogen-bond acceptors (Lipinski definition) is 4. The zero-order chi connectivity index (χ0) is 12.5. The molecule has 0 bridgehead atoms. The SMILES string of the molecule is CCC(C(=O)O)n1c(=O)[nH]c(=O)n(C)c1=O. The van der Waals surface area contributed by atoms with E-state index in [1.807, 2.05) is 4.98 Å². The molecule has 0 saturated heterocycles. The Hall–Kier alpha value is -2.12. The van der Waals surface area contributed by atoms with Crippen LogP contribution in [0.5, 0.6) is 0 Å². The molecule has 16 heavy (non-hydrogen) atoms. The molecule has 2 N–H and O–H groups in total. The second kappa shape index (κ2) is 4.17. The van der Waals surface area contributed by atoms with E-state index in [-0.39, 0.29) is 6.42 Å². The average molecular weight is 229 g/mol. The van der Waals surface area contributed by atoms with Crippen LogP contribution < -0.4 is 17.1 Å². The van der Waals surface area contributed by atoms with Crippen LogP contribution in [0, 0.1) is 0 Å². The van der Waals surface area contributed by atoms with Crippen molar-refractivity contribution in [3.8, 4) is 0 Å². The monoisotopic (exact) mass is 229 g/mol. The summed E-state index contributed by atoms with van der Waals surface area (Å²) in [5, 5.41) is 8.84. The highest BCUT2D eigenvalue weighted by Crippen LogP contribution is 2.04. The molecule has 8 heteroatoms. The number of rotatable bonds is 3. The van der Waals surface area contributed by atoms with Gasteiger partial charge in [-0.1, -0.05) is 6.92 Å². The lowest BCUT2D eigenvalue weighted by Gasteiger charge is -2.12. The van der Waals surface area contributed by atoms with E-state index in [0.717, 1.165) is 7.05 Å². The van der Waals surface area contributed by atoms with Crippen molar-refractivity contribution in [1.29, 1.82) is 0 Å². The average Bonchev–Trinajstić information content (AvgIpc) is 2.20. The van der Waals surface area contributed by atoms with Gasteiger partial charge in [0.2, 0.25) is 0 Å². The van der Waals surface area contributed by atoms with Crippen LogP contribution in [0.2, 0.25) is 0 Å². The van der Waals surface area contributed by atoms with Gasteiger partial charge in [-0.05, 0) is 6.42 Å². The maximum atomic E-state index is 11.6. The maximum absolute atomic E-state index is 11.6. The third-order valence-corrected chi connectivity index (χ3v) is 2.21. The highest BCUT2D eigenvalue weighted by Gasteiger charge is 2.22. The lowest BCUT2D eigenvalue weighted by Crippen LogP contribution is -2.50. The second-order valence-electron chi connectivity index (χ2n) is 3.21. The van der Waals surface area contributed by atoms with Crippen LogP contribution in [0.4, 0.5) is 0 Å². The normalized spacial score (nSPS) is 12.4. The number of carboxylic acids is 1. The standard InChI is InChI=1S/C8H11N3O5/c1-3-4(5(12)13)11-7(15)9-6(14)10(2)8(11)16/h4H,3H2,1-2H3,(H,12,13)(H,9,14,15). The van der Waals surface area contributed by atoms with E-state index in [1.54, 1.807) is 0 Å². The molecule has 1 rings (SSSR count). The predicted octanol–water partition coefficient (Wildman–Crippen LogP) is -1.73. The molecule has 1 aromatic rings. The fraction of sp³-hybridized carbons (Fsp3) is 0.500. The van der Waals surface area contributed by atoms with Crippen LogP contribution in [0.25, 0.3) is 0 Å². The van der Waals surface area contributed by atoms with E-state index in [9.17, 15) is 19.2 Å². The first kappa shape index (κ1) is 12.0. The van der Waals surface area contributed by atoms with Gasteiger partial charge in [0.1, 0.15) is 6.04 Å². The minimum Gasteiger partial charge on any atom is -0.480 e. The van der Waals surface area contributed by atoms with Gasteiger partial charge in [0.25, 0.3) is 0 Å². The van der Waals surface area contributed by atoms with Crippen LogP contribution >= 0.6 is 0 Å². The van der Waals surface area contributed by atoms with Crippen molar-refractivity contribution < 1.29 is 9.90 Å². The Kier molecular flexibility index (Phi) is 3.11. The van der Waals surface area contributed by atoms with Gasteiger partial charge in [-0.25, -0.2) is 28.3 Å². The summed E-state index contributed by atoms with van der Waals surface area (Å²) in [5.41, 5.74) is -2.82. The second-order valence-corrected chi connectivity index (χ2v) is 3.21. The molecule has 0 fully saturated rings. The van der Waals surface area contributed by atoms with E-state index in [4.69, 9.17) is 5.11 Å². The summed E-state index contributed by atoms with van der Waals surface area (Å²) in [7, 11) is 1.16. The third-order valence-electron chi connectivity index (χ3n) is 2.21. The summed E-state index contributed by atoms with van der Waals surface area (Å²) >= 11 is 0. The van der Waals surface area contributed by atoms with Crippen LogP contribution in [-0.4, -0.2) is 25.2 Å². The largest absolute Gasteiger partial charge is 0.480 e. The fourth-order valence-corrected chi connectivity index (χ4v) is 1.31. The van der Waals surface area contributed by atoms with Gasteiger partial charge < -0.3 is 5.11 Å². The molecule has 0 aliphatic rings. The van der Waals surface area contributed by atoms with Gasteiger partial charge in [0, 0.05) is 7.05 Å². The summed E-state index contributed by atoms with van der Waals surface area (Å²) < 4.78 is 1.16. The van der Waals surface area contributed by atoms with Crippen LogP contribution in [-0.2, 0) is 11.8 Å². The fourth-order valence-electron chi connectivity index (χ4n) is 1.31. The van der Waals surface area contributed by atoms with Gasteiger partial charge in [0.15, 0.2) is 0 Å². The van der Waals surface area contributed by atoms with Crippen LogP contribution in [0.3, 0.4) is 0 Å². The van der Waals surface area contributed by atoms with Crippen molar-refractivity contribution in [2.75, 3.05) is 0 Å². The smallest absolute Gasteiger partial charge is 0.336 e. The molecule has 1 atom stereocenters. The third kappa shape index (κ3) is 1.81. The number of H-pyrrole nitrogens is 1. The van der Waals surface area contributed by atoms with E-state index >= 15 is 0 Å². The van der Waals surface area contributed by atoms with Crippen molar-refractivity contribution in [1.82, 2.24) is 14.1 Å². The van der Waals surface area contributed by atoms with Crippen molar-refractivity contribution >= 4 is 5.97 Å². The Morgan fingerprint density at radius 3 is 2.38 bits per heavy atom. The summed E-state index contributed by atoms with van der Waals surface area (Å²) in [6.07, 6.45) is 0.0660. The molecule has 0 radical (unpaired) electrons. The topological polar surface area (TPSA) is 114 Å². The molecular formula is C8H11N3O5. The van der Waals surface area contributed by atoms with E-state index in [0.29, 0.717) is 9.13 Å². The Bertz CT molecular complexity index is 579. The van der Waals surface area contributed by atoms with Crippen molar-refractivity contribution in [3.05, 3.63) is 31.5 Å². The van der Waals surface area contributed by atoms with Crippen molar-refractivity contribution in [2.24, 2.45) is 7.05 Å². The Balaban J connectivity index is 3.64. The number of hydrogen-bond donors (Lipinski definition) is 2. The van der Waals surface area contributed by atoms with E-state index in [2.05, 4.69) is 0 Å². The van der Waals surface area contributed by atoms with Crippen LogP contribution in [0.15, 0.2) is 14.4 Å². The zero-order valence-electron chi connectivity index (χ0n) is 8.76. The highest BCUT2D eigenvalue weighted by molar-refractivity contribution is 5.71. The molecule has 8 nitrogen and oxygen atoms in total. The van der Waals surface area contributed by atoms with Gasteiger partial charge >= 0.3 is 23.0 Å². The quantitative estimate of drug-likeness (QED) is 0.639. The molecule has 0 saturated carbocycles. The summed E-state index contributed by atoms with van der Waals surface area (Å²) in [6, 6.07) is -1.27. The summed E-state index contributed by atoms with van der Waals surface area (Å²) in [6.45, 7) is 1.52. The first-order valence-corrected chi connectivity index (χ1v) is 4.54. The minimum atomic E-state index is -1.30. The first-order valence-electron chi connectivity index (χ1n) is 4.54. The molecule has 0 aliphatic carbocycles. The van der Waals surface area contributed by atoms with E-state index < -0.39 is 29.1 Å². The van der Waals surface area contributed by atoms with Gasteiger partial charge in [-0.2, -0.15) is 0 Å². The number of carbonyl (C=O) groups is 1. The minimum absolute atomic E-state index is 0.0660. The van der Waals surface area contributed by atoms with Gasteiger partial charge in [-0.15, -0.1) is 0 Å². The predicted molar refractivity (Wildman–Crippen MR) is 53.5 cm³/mol. The number of nitrogens with zero attached hydrogens (tertiary/aromatic N) is 2. The summed E-state index contributed by atoms with van der Waals surface area (Å²) in [4.78, 5) is 46.6. The van der Waals surface area contributed by atoms with E-state index in [1.165, 1.54) is 6.92 Å². The highest BCUT2D eigenvalue weighted by atomic mass is 16.4. The lowest BCUT2D eigenvalue weighted by atomic mass is 10.2. The number of carboxylic acid groups (broad SMARTS) is 1. The Morgan fingerprint density at radius 2 is 1.94 bits per heavy atom. The van der Waals surface area contributed by atoms with Crippen molar-refractivity contribution in [3.63, 3.8) is 0 Å². The molecule has 0 aromatic carbocycles. The number of aromatic amines is 1. The Labute approximate surface area is 88.8 Å². The molecule has 0 amide bonds. The number of aliphatic carboxylic acids is 1. The number of nitrogens with one attached hydrogen (secondary N) is 1. The Morgan fingerprint density at radius 1 is 1.38 bits per heavy atom. The molecule has 88 valence electrons. The summed E-state index contributed by atoms with van der Waals surface area (Å²) in [5.74, 6) is -1.30. The molecule has 1 unspecified atom stereocenters.